The highest BCUT2D eigenvalue weighted by Gasteiger charge is 2.09. The predicted octanol–water partition coefficient (Wildman–Crippen LogP) is 4.48. The van der Waals surface area contributed by atoms with Crippen molar-refractivity contribution in [2.45, 2.75) is 19.4 Å². The van der Waals surface area contributed by atoms with Crippen LogP contribution in [0.1, 0.15) is 24.1 Å². The second-order valence-corrected chi connectivity index (χ2v) is 5.43. The third-order valence-electron chi connectivity index (χ3n) is 3.14. The molecule has 100 valence electrons. The third kappa shape index (κ3) is 4.15. The van der Waals surface area contributed by atoms with E-state index >= 15 is 0 Å². The van der Waals surface area contributed by atoms with Crippen LogP contribution in [0.3, 0.4) is 0 Å². The lowest BCUT2D eigenvalue weighted by molar-refractivity contribution is 0.571. The summed E-state index contributed by atoms with van der Waals surface area (Å²) in [5.41, 5.74) is 2.40. The van der Waals surface area contributed by atoms with E-state index < -0.39 is 0 Å². The van der Waals surface area contributed by atoms with Crippen LogP contribution in [0.4, 0.5) is 4.39 Å². The molecule has 1 unspecified atom stereocenters. The molecule has 0 amide bonds. The highest BCUT2D eigenvalue weighted by molar-refractivity contribution is 9.10. The highest BCUT2D eigenvalue weighted by atomic mass is 79.9. The summed E-state index contributed by atoms with van der Waals surface area (Å²) in [6.07, 6.45) is 0.990. The quantitative estimate of drug-likeness (QED) is 0.856. The van der Waals surface area contributed by atoms with Gasteiger partial charge in [0.05, 0.1) is 0 Å². The van der Waals surface area contributed by atoms with Crippen molar-refractivity contribution >= 4 is 15.9 Å². The summed E-state index contributed by atoms with van der Waals surface area (Å²) in [7, 11) is 0. The molecule has 0 heterocycles. The smallest absolute Gasteiger partial charge is 0.124 e. The van der Waals surface area contributed by atoms with E-state index in [-0.39, 0.29) is 11.9 Å². The van der Waals surface area contributed by atoms with Gasteiger partial charge in [0, 0.05) is 10.5 Å². The summed E-state index contributed by atoms with van der Waals surface area (Å²) in [5.74, 6) is -0.216. The van der Waals surface area contributed by atoms with Gasteiger partial charge in [0.15, 0.2) is 0 Å². The zero-order valence-electron chi connectivity index (χ0n) is 10.9. The molecule has 0 aliphatic carbocycles. The Hall–Kier alpha value is -1.19. The zero-order chi connectivity index (χ0) is 13.7. The van der Waals surface area contributed by atoms with Crippen molar-refractivity contribution in [3.63, 3.8) is 0 Å². The molecule has 0 saturated carbocycles. The van der Waals surface area contributed by atoms with Gasteiger partial charge in [0.25, 0.3) is 0 Å². The highest BCUT2D eigenvalue weighted by Crippen LogP contribution is 2.24. The normalized spacial score (nSPS) is 12.4. The largest absolute Gasteiger partial charge is 0.310 e. The van der Waals surface area contributed by atoms with Gasteiger partial charge in [-0.3, -0.25) is 0 Å². The van der Waals surface area contributed by atoms with Gasteiger partial charge in [0.2, 0.25) is 0 Å². The Morgan fingerprint density at radius 2 is 1.89 bits per heavy atom. The first-order valence-electron chi connectivity index (χ1n) is 6.39. The molecule has 0 aliphatic heterocycles. The van der Waals surface area contributed by atoms with E-state index in [4.69, 9.17) is 0 Å². The molecule has 0 saturated heterocycles. The molecule has 2 aromatic rings. The van der Waals surface area contributed by atoms with E-state index in [0.717, 1.165) is 23.0 Å². The fourth-order valence-corrected chi connectivity index (χ4v) is 2.73. The Kier molecular flexibility index (Phi) is 5.11. The number of hydrogen-bond acceptors (Lipinski definition) is 1. The van der Waals surface area contributed by atoms with Gasteiger partial charge < -0.3 is 5.32 Å². The van der Waals surface area contributed by atoms with Gasteiger partial charge in [-0.2, -0.15) is 0 Å². The number of rotatable bonds is 5. The lowest BCUT2D eigenvalue weighted by Gasteiger charge is -2.16. The Morgan fingerprint density at radius 1 is 1.16 bits per heavy atom. The van der Waals surface area contributed by atoms with Crippen molar-refractivity contribution in [3.05, 3.63) is 69.9 Å². The molecule has 2 rings (SSSR count). The predicted molar refractivity (Wildman–Crippen MR) is 80.7 cm³/mol. The van der Waals surface area contributed by atoms with E-state index in [1.807, 2.05) is 12.1 Å². The number of nitrogens with one attached hydrogen (secondary N) is 1. The Morgan fingerprint density at radius 3 is 2.58 bits per heavy atom. The van der Waals surface area contributed by atoms with Crippen LogP contribution >= 0.6 is 15.9 Å². The maximum atomic E-state index is 13.0. The molecule has 3 heteroatoms. The van der Waals surface area contributed by atoms with Gasteiger partial charge >= 0.3 is 0 Å². The molecule has 0 aliphatic rings. The molecular weight excluding hydrogens is 305 g/mol. The summed E-state index contributed by atoms with van der Waals surface area (Å²) in [5, 5.41) is 3.46. The topological polar surface area (TPSA) is 12.0 Å². The Labute approximate surface area is 122 Å². The summed E-state index contributed by atoms with van der Waals surface area (Å²) < 4.78 is 13.8. The van der Waals surface area contributed by atoms with Crippen molar-refractivity contribution in [2.24, 2.45) is 0 Å². The van der Waals surface area contributed by atoms with Gasteiger partial charge in [0.1, 0.15) is 5.82 Å². The van der Waals surface area contributed by atoms with E-state index in [2.05, 4.69) is 52.4 Å². The fourth-order valence-electron chi connectivity index (χ4n) is 2.04. The maximum Gasteiger partial charge on any atom is 0.124 e. The van der Waals surface area contributed by atoms with Crippen LogP contribution in [0.25, 0.3) is 0 Å². The van der Waals surface area contributed by atoms with Gasteiger partial charge in [-0.05, 0) is 43.1 Å². The van der Waals surface area contributed by atoms with E-state index in [0.29, 0.717) is 0 Å². The molecule has 0 bridgehead atoms. The van der Waals surface area contributed by atoms with E-state index in [1.165, 1.54) is 17.7 Å². The average Bonchev–Trinajstić information content (AvgIpc) is 2.39. The molecule has 0 fully saturated rings. The summed E-state index contributed by atoms with van der Waals surface area (Å²) >= 11 is 3.40. The number of benzene rings is 2. The van der Waals surface area contributed by atoms with E-state index in [9.17, 15) is 4.39 Å². The minimum atomic E-state index is -0.216. The number of hydrogen-bond donors (Lipinski definition) is 1. The second kappa shape index (κ2) is 6.83. The van der Waals surface area contributed by atoms with Crippen molar-refractivity contribution in [1.82, 2.24) is 5.32 Å². The lowest BCUT2D eigenvalue weighted by atomic mass is 10.1. The van der Waals surface area contributed by atoms with Crippen molar-refractivity contribution in [1.29, 1.82) is 0 Å². The molecule has 1 atom stereocenters. The van der Waals surface area contributed by atoms with Gasteiger partial charge in [-0.25, -0.2) is 4.39 Å². The van der Waals surface area contributed by atoms with Crippen molar-refractivity contribution < 1.29 is 4.39 Å². The molecule has 0 aromatic heterocycles. The molecular formula is C16H17BrFN. The van der Waals surface area contributed by atoms with Gasteiger partial charge in [-0.1, -0.05) is 52.3 Å². The van der Waals surface area contributed by atoms with Crippen molar-refractivity contribution in [3.8, 4) is 0 Å². The standard InChI is InChI=1S/C16H17BrFN/c1-12(15-8-7-14(18)11-16(15)17)19-10-9-13-5-3-2-4-6-13/h2-8,11-12,19H,9-10H2,1H3. The molecule has 0 radical (unpaired) electrons. The Balaban J connectivity index is 1.89. The third-order valence-corrected chi connectivity index (χ3v) is 3.82. The summed E-state index contributed by atoms with van der Waals surface area (Å²) in [4.78, 5) is 0. The first-order valence-corrected chi connectivity index (χ1v) is 7.18. The van der Waals surface area contributed by atoms with Crippen LogP contribution < -0.4 is 5.32 Å². The van der Waals surface area contributed by atoms with Gasteiger partial charge in [-0.15, -0.1) is 0 Å². The first kappa shape index (κ1) is 14.2. The Bertz CT molecular complexity index is 528. The summed E-state index contributed by atoms with van der Waals surface area (Å²) in [6.45, 7) is 2.98. The van der Waals surface area contributed by atoms with Crippen LogP contribution in [0, 0.1) is 5.82 Å². The lowest BCUT2D eigenvalue weighted by Crippen LogP contribution is -2.21. The summed E-state index contributed by atoms with van der Waals surface area (Å²) in [6, 6.07) is 15.4. The van der Waals surface area contributed by atoms with Crippen LogP contribution in [0.2, 0.25) is 0 Å². The minimum Gasteiger partial charge on any atom is -0.310 e. The molecule has 1 N–H and O–H groups in total. The molecule has 19 heavy (non-hydrogen) atoms. The fraction of sp³-hybridized carbons (Fsp3) is 0.250. The molecule has 0 spiro atoms. The van der Waals surface area contributed by atoms with Crippen LogP contribution in [-0.2, 0) is 6.42 Å². The molecule has 2 aromatic carbocycles. The van der Waals surface area contributed by atoms with Crippen LogP contribution in [0.5, 0.6) is 0 Å². The number of halogens is 2. The maximum absolute atomic E-state index is 13.0. The zero-order valence-corrected chi connectivity index (χ0v) is 12.5. The van der Waals surface area contributed by atoms with Crippen LogP contribution in [-0.4, -0.2) is 6.54 Å². The van der Waals surface area contributed by atoms with Crippen LogP contribution in [0.15, 0.2) is 53.0 Å². The monoisotopic (exact) mass is 321 g/mol. The average molecular weight is 322 g/mol. The van der Waals surface area contributed by atoms with E-state index in [1.54, 1.807) is 0 Å². The second-order valence-electron chi connectivity index (χ2n) is 4.58. The SMILES string of the molecule is CC(NCCc1ccccc1)c1ccc(F)cc1Br. The molecule has 1 nitrogen and oxygen atoms in total. The minimum absolute atomic E-state index is 0.193. The first-order chi connectivity index (χ1) is 9.16. The van der Waals surface area contributed by atoms with Crippen molar-refractivity contribution in [2.75, 3.05) is 6.54 Å².